The van der Waals surface area contributed by atoms with Gasteiger partial charge >= 0.3 is 6.55 Å². The van der Waals surface area contributed by atoms with Gasteiger partial charge in [0.15, 0.2) is 0 Å². The Labute approximate surface area is 98.9 Å². The van der Waals surface area contributed by atoms with Crippen LogP contribution in [0, 0.1) is 0 Å². The second-order valence-corrected chi connectivity index (χ2v) is 3.87. The van der Waals surface area contributed by atoms with Crippen LogP contribution >= 0.6 is 0 Å². The molecule has 0 fully saturated rings. The van der Waals surface area contributed by atoms with Crippen LogP contribution in [0.2, 0.25) is 0 Å². The van der Waals surface area contributed by atoms with Crippen LogP contribution < -0.4 is 0 Å². The van der Waals surface area contributed by atoms with Gasteiger partial charge in [-0.15, -0.1) is 0 Å². The number of alkyl halides is 2. The topological polar surface area (TPSA) is 17.8 Å². The highest BCUT2D eigenvalue weighted by molar-refractivity contribution is 5.27. The van der Waals surface area contributed by atoms with E-state index in [0.29, 0.717) is 12.8 Å². The predicted molar refractivity (Wildman–Crippen MR) is 62.1 cm³/mol. The van der Waals surface area contributed by atoms with Crippen molar-refractivity contribution in [2.75, 3.05) is 0 Å². The predicted octanol–water partition coefficient (Wildman–Crippen LogP) is 3.43. The third kappa shape index (κ3) is 2.70. The van der Waals surface area contributed by atoms with Crippen LogP contribution in [-0.4, -0.2) is 9.78 Å². The summed E-state index contributed by atoms with van der Waals surface area (Å²) in [4.78, 5) is 0. The fourth-order valence-corrected chi connectivity index (χ4v) is 1.83. The summed E-state index contributed by atoms with van der Waals surface area (Å²) in [7, 11) is 0. The molecule has 0 bridgehead atoms. The summed E-state index contributed by atoms with van der Waals surface area (Å²) in [5.74, 6) is 0. The fourth-order valence-electron chi connectivity index (χ4n) is 1.83. The van der Waals surface area contributed by atoms with E-state index in [0.717, 1.165) is 21.5 Å². The summed E-state index contributed by atoms with van der Waals surface area (Å²) >= 11 is 0. The van der Waals surface area contributed by atoms with Crippen LogP contribution in [0.3, 0.4) is 0 Å². The van der Waals surface area contributed by atoms with Crippen molar-refractivity contribution in [2.45, 2.75) is 26.3 Å². The van der Waals surface area contributed by atoms with Crippen molar-refractivity contribution >= 4 is 0 Å². The molecule has 0 saturated heterocycles. The average molecular weight is 236 g/mol. The first-order valence-corrected chi connectivity index (χ1v) is 5.59. The third-order valence-electron chi connectivity index (χ3n) is 2.67. The van der Waals surface area contributed by atoms with Crippen LogP contribution in [-0.2, 0) is 12.8 Å². The van der Waals surface area contributed by atoms with Gasteiger partial charge in [0, 0.05) is 12.6 Å². The Morgan fingerprint density at radius 1 is 1.24 bits per heavy atom. The number of nitrogens with zero attached hydrogens (tertiary/aromatic N) is 2. The minimum atomic E-state index is -2.56. The highest BCUT2D eigenvalue weighted by Crippen LogP contribution is 2.17. The highest BCUT2D eigenvalue weighted by atomic mass is 19.3. The Kier molecular flexibility index (Phi) is 3.52. The second kappa shape index (κ2) is 5.08. The lowest BCUT2D eigenvalue weighted by Gasteiger charge is -2.00. The van der Waals surface area contributed by atoms with Gasteiger partial charge in [0.1, 0.15) is 0 Å². The summed E-state index contributed by atoms with van der Waals surface area (Å²) in [6.07, 6.45) is 2.76. The molecule has 1 aromatic heterocycles. The molecule has 0 aliphatic rings. The van der Waals surface area contributed by atoms with Crippen LogP contribution in [0.1, 0.15) is 30.3 Å². The molecule has 0 N–H and O–H groups in total. The average Bonchev–Trinajstić information content (AvgIpc) is 2.74. The lowest BCUT2D eigenvalue weighted by atomic mass is 10.1. The number of hydrogen-bond acceptors (Lipinski definition) is 1. The van der Waals surface area contributed by atoms with E-state index in [2.05, 4.69) is 5.10 Å². The molecule has 1 aromatic carbocycles. The molecule has 2 aromatic rings. The van der Waals surface area contributed by atoms with Gasteiger partial charge in [-0.05, 0) is 17.5 Å². The molecule has 0 aliphatic heterocycles. The van der Waals surface area contributed by atoms with E-state index in [1.165, 1.54) is 6.20 Å². The first kappa shape index (κ1) is 11.8. The fraction of sp³-hybridized carbons (Fsp3) is 0.308. The SMILES string of the molecule is CCc1nn(C(F)F)cc1Cc1ccccc1. The van der Waals surface area contributed by atoms with Gasteiger partial charge in [0.25, 0.3) is 0 Å². The molecule has 0 atom stereocenters. The van der Waals surface area contributed by atoms with E-state index in [-0.39, 0.29) is 0 Å². The molecule has 0 saturated carbocycles. The van der Waals surface area contributed by atoms with Crippen molar-refractivity contribution in [1.82, 2.24) is 9.78 Å². The molecule has 90 valence electrons. The molecule has 1 heterocycles. The molecule has 0 amide bonds. The standard InChI is InChI=1S/C13H14F2N2/c1-2-12-11(9-17(16-12)13(14)15)8-10-6-4-3-5-7-10/h3-7,9,13H,2,8H2,1H3. The minimum absolute atomic E-state index is 0.650. The van der Waals surface area contributed by atoms with E-state index in [1.54, 1.807) is 0 Å². The Bertz CT molecular complexity index is 477. The van der Waals surface area contributed by atoms with Gasteiger partial charge in [0.05, 0.1) is 5.69 Å². The Morgan fingerprint density at radius 3 is 2.53 bits per heavy atom. The third-order valence-corrected chi connectivity index (χ3v) is 2.67. The van der Waals surface area contributed by atoms with Gasteiger partial charge in [0.2, 0.25) is 0 Å². The van der Waals surface area contributed by atoms with Crippen molar-refractivity contribution in [3.8, 4) is 0 Å². The zero-order valence-corrected chi connectivity index (χ0v) is 9.61. The normalized spacial score (nSPS) is 11.1. The van der Waals surface area contributed by atoms with E-state index >= 15 is 0 Å². The molecular formula is C13H14F2N2. The van der Waals surface area contributed by atoms with E-state index in [4.69, 9.17) is 0 Å². The van der Waals surface area contributed by atoms with Gasteiger partial charge < -0.3 is 0 Å². The second-order valence-electron chi connectivity index (χ2n) is 3.87. The summed E-state index contributed by atoms with van der Waals surface area (Å²) in [6.45, 7) is -0.642. The number of aromatic nitrogens is 2. The number of halogens is 2. The molecular weight excluding hydrogens is 222 g/mol. The van der Waals surface area contributed by atoms with Crippen LogP contribution in [0.25, 0.3) is 0 Å². The summed E-state index contributed by atoms with van der Waals surface area (Å²) in [5, 5.41) is 3.89. The molecule has 0 aliphatic carbocycles. The maximum Gasteiger partial charge on any atom is 0.333 e. The molecule has 0 spiro atoms. The summed E-state index contributed by atoms with van der Waals surface area (Å²) in [6, 6.07) is 9.79. The summed E-state index contributed by atoms with van der Waals surface area (Å²) < 4.78 is 25.8. The van der Waals surface area contributed by atoms with Crippen molar-refractivity contribution < 1.29 is 8.78 Å². The van der Waals surface area contributed by atoms with Crippen LogP contribution in [0.15, 0.2) is 36.5 Å². The van der Waals surface area contributed by atoms with Crippen LogP contribution in [0.5, 0.6) is 0 Å². The number of hydrogen-bond donors (Lipinski definition) is 0. The lowest BCUT2D eigenvalue weighted by Crippen LogP contribution is -1.98. The maximum absolute atomic E-state index is 12.5. The molecule has 4 heteroatoms. The molecule has 17 heavy (non-hydrogen) atoms. The van der Waals surface area contributed by atoms with Gasteiger partial charge in [-0.2, -0.15) is 13.9 Å². The highest BCUT2D eigenvalue weighted by Gasteiger charge is 2.12. The number of aryl methyl sites for hydroxylation is 1. The smallest absolute Gasteiger partial charge is 0.211 e. The molecule has 0 radical (unpaired) electrons. The monoisotopic (exact) mass is 236 g/mol. The van der Waals surface area contributed by atoms with Gasteiger partial charge in [-0.25, -0.2) is 4.68 Å². The van der Waals surface area contributed by atoms with Crippen molar-refractivity contribution in [2.24, 2.45) is 0 Å². The first-order valence-electron chi connectivity index (χ1n) is 5.59. The molecule has 2 rings (SSSR count). The summed E-state index contributed by atoms with van der Waals surface area (Å²) in [5.41, 5.74) is 2.73. The Balaban J connectivity index is 2.26. The Morgan fingerprint density at radius 2 is 1.94 bits per heavy atom. The van der Waals surface area contributed by atoms with E-state index in [9.17, 15) is 8.78 Å². The van der Waals surface area contributed by atoms with Gasteiger partial charge in [-0.1, -0.05) is 37.3 Å². The van der Waals surface area contributed by atoms with E-state index in [1.807, 2.05) is 37.3 Å². The van der Waals surface area contributed by atoms with Crippen LogP contribution in [0.4, 0.5) is 8.78 Å². The maximum atomic E-state index is 12.5. The Hall–Kier alpha value is -1.71. The first-order chi connectivity index (χ1) is 8.20. The number of rotatable bonds is 4. The van der Waals surface area contributed by atoms with Crippen molar-refractivity contribution in [1.29, 1.82) is 0 Å². The van der Waals surface area contributed by atoms with Crippen molar-refractivity contribution in [3.63, 3.8) is 0 Å². The quantitative estimate of drug-likeness (QED) is 0.795. The minimum Gasteiger partial charge on any atom is -0.211 e. The van der Waals surface area contributed by atoms with Gasteiger partial charge in [-0.3, -0.25) is 0 Å². The zero-order valence-electron chi connectivity index (χ0n) is 9.61. The number of benzene rings is 1. The zero-order chi connectivity index (χ0) is 12.3. The van der Waals surface area contributed by atoms with E-state index < -0.39 is 6.55 Å². The van der Waals surface area contributed by atoms with Crippen molar-refractivity contribution in [3.05, 3.63) is 53.3 Å². The lowest BCUT2D eigenvalue weighted by molar-refractivity contribution is 0.0561. The molecule has 2 nitrogen and oxygen atoms in total. The molecule has 0 unspecified atom stereocenters. The largest absolute Gasteiger partial charge is 0.333 e.